The molecule has 1 heterocycles. The normalized spacial score (nSPS) is 17.2. The number of morpholine rings is 1. The summed E-state index contributed by atoms with van der Waals surface area (Å²) in [5, 5.41) is 18.8. The Morgan fingerprint density at radius 2 is 2.00 bits per heavy atom. The SMILES string of the molecule is OCc1ccc(CCN2CCOCC2)c(O)c1. The summed E-state index contributed by atoms with van der Waals surface area (Å²) in [7, 11) is 0. The maximum Gasteiger partial charge on any atom is 0.119 e. The van der Waals surface area contributed by atoms with Crippen LogP contribution < -0.4 is 0 Å². The zero-order chi connectivity index (χ0) is 12.1. The van der Waals surface area contributed by atoms with Crippen LogP contribution in [-0.2, 0) is 17.8 Å². The van der Waals surface area contributed by atoms with Gasteiger partial charge in [0.1, 0.15) is 5.75 Å². The molecule has 1 aliphatic heterocycles. The number of hydrogen-bond donors (Lipinski definition) is 2. The fourth-order valence-corrected chi connectivity index (χ4v) is 2.02. The van der Waals surface area contributed by atoms with Crippen LogP contribution in [0.25, 0.3) is 0 Å². The molecule has 0 radical (unpaired) electrons. The number of rotatable bonds is 4. The van der Waals surface area contributed by atoms with Crippen molar-refractivity contribution in [2.75, 3.05) is 32.8 Å². The molecule has 0 unspecified atom stereocenters. The van der Waals surface area contributed by atoms with Gasteiger partial charge in [-0.2, -0.15) is 0 Å². The Morgan fingerprint density at radius 1 is 1.24 bits per heavy atom. The predicted molar refractivity (Wildman–Crippen MR) is 65.0 cm³/mol. The summed E-state index contributed by atoms with van der Waals surface area (Å²) >= 11 is 0. The Balaban J connectivity index is 1.89. The summed E-state index contributed by atoms with van der Waals surface area (Å²) in [5.74, 6) is 0.282. The molecule has 94 valence electrons. The number of aromatic hydroxyl groups is 1. The molecular formula is C13H19NO3. The Hall–Kier alpha value is -1.10. The van der Waals surface area contributed by atoms with Crippen LogP contribution in [-0.4, -0.2) is 48.0 Å². The monoisotopic (exact) mass is 237 g/mol. The van der Waals surface area contributed by atoms with Crippen molar-refractivity contribution in [3.8, 4) is 5.75 Å². The average Bonchev–Trinajstić information content (AvgIpc) is 2.38. The fraction of sp³-hybridized carbons (Fsp3) is 0.538. The third-order valence-electron chi connectivity index (χ3n) is 3.13. The van der Waals surface area contributed by atoms with E-state index in [0.29, 0.717) is 0 Å². The first-order valence-electron chi connectivity index (χ1n) is 6.01. The highest BCUT2D eigenvalue weighted by Crippen LogP contribution is 2.19. The molecule has 4 nitrogen and oxygen atoms in total. The minimum atomic E-state index is -0.0305. The molecule has 0 aromatic heterocycles. The third-order valence-corrected chi connectivity index (χ3v) is 3.13. The molecule has 0 amide bonds. The van der Waals surface area contributed by atoms with Gasteiger partial charge in [-0.25, -0.2) is 0 Å². The van der Waals surface area contributed by atoms with Gasteiger partial charge in [-0.1, -0.05) is 12.1 Å². The van der Waals surface area contributed by atoms with Crippen molar-refractivity contribution in [1.29, 1.82) is 0 Å². The molecule has 1 saturated heterocycles. The number of aliphatic hydroxyl groups excluding tert-OH is 1. The van der Waals surface area contributed by atoms with E-state index < -0.39 is 0 Å². The van der Waals surface area contributed by atoms with Gasteiger partial charge in [-0.15, -0.1) is 0 Å². The Bertz CT molecular complexity index is 362. The molecule has 4 heteroatoms. The lowest BCUT2D eigenvalue weighted by molar-refractivity contribution is 0.0384. The molecule has 1 aromatic rings. The zero-order valence-corrected chi connectivity index (χ0v) is 9.93. The Morgan fingerprint density at radius 3 is 2.65 bits per heavy atom. The van der Waals surface area contributed by atoms with Crippen molar-refractivity contribution in [2.24, 2.45) is 0 Å². The first-order valence-corrected chi connectivity index (χ1v) is 6.01. The highest BCUT2D eigenvalue weighted by atomic mass is 16.5. The molecule has 0 saturated carbocycles. The second kappa shape index (κ2) is 6.00. The van der Waals surface area contributed by atoms with Crippen molar-refractivity contribution in [3.63, 3.8) is 0 Å². The van der Waals surface area contributed by atoms with Crippen molar-refractivity contribution in [3.05, 3.63) is 29.3 Å². The summed E-state index contributed by atoms with van der Waals surface area (Å²) in [5.41, 5.74) is 1.69. The predicted octanol–water partition coefficient (Wildman–Crippen LogP) is 0.759. The van der Waals surface area contributed by atoms with E-state index >= 15 is 0 Å². The minimum absolute atomic E-state index is 0.0305. The number of phenols is 1. The fourth-order valence-electron chi connectivity index (χ4n) is 2.02. The van der Waals surface area contributed by atoms with Gasteiger partial charge in [-0.3, -0.25) is 4.90 Å². The van der Waals surface area contributed by atoms with Crippen molar-refractivity contribution in [1.82, 2.24) is 4.90 Å². The minimum Gasteiger partial charge on any atom is -0.508 e. The summed E-state index contributed by atoms with van der Waals surface area (Å²) < 4.78 is 5.29. The first-order chi connectivity index (χ1) is 8.29. The van der Waals surface area contributed by atoms with Gasteiger partial charge >= 0.3 is 0 Å². The van der Waals surface area contributed by atoms with Gasteiger partial charge in [0.2, 0.25) is 0 Å². The van der Waals surface area contributed by atoms with Crippen LogP contribution in [0.2, 0.25) is 0 Å². The number of ether oxygens (including phenoxy) is 1. The van der Waals surface area contributed by atoms with Crippen molar-refractivity contribution < 1.29 is 14.9 Å². The lowest BCUT2D eigenvalue weighted by Gasteiger charge is -2.26. The molecule has 1 aromatic carbocycles. The van der Waals surface area contributed by atoms with Crippen LogP contribution in [0.4, 0.5) is 0 Å². The highest BCUT2D eigenvalue weighted by molar-refractivity contribution is 5.36. The standard InChI is InChI=1S/C13H19NO3/c15-10-11-1-2-12(13(16)9-11)3-4-14-5-7-17-8-6-14/h1-2,9,15-16H,3-8,10H2. The molecule has 1 fully saturated rings. The van der Waals surface area contributed by atoms with Crippen LogP contribution in [0.15, 0.2) is 18.2 Å². The summed E-state index contributed by atoms with van der Waals surface area (Å²) in [6.07, 6.45) is 0.831. The van der Waals surface area contributed by atoms with Gasteiger partial charge in [0, 0.05) is 19.6 Å². The first kappa shape index (κ1) is 12.4. The van der Waals surface area contributed by atoms with Crippen LogP contribution in [0.3, 0.4) is 0 Å². The number of benzene rings is 1. The zero-order valence-electron chi connectivity index (χ0n) is 9.93. The second-order valence-electron chi connectivity index (χ2n) is 4.33. The highest BCUT2D eigenvalue weighted by Gasteiger charge is 2.11. The van der Waals surface area contributed by atoms with Gasteiger partial charge < -0.3 is 14.9 Å². The second-order valence-corrected chi connectivity index (χ2v) is 4.33. The summed E-state index contributed by atoms with van der Waals surface area (Å²) in [4.78, 5) is 2.34. The molecule has 0 spiro atoms. The lowest BCUT2D eigenvalue weighted by Crippen LogP contribution is -2.37. The molecule has 2 N–H and O–H groups in total. The van der Waals surface area contributed by atoms with E-state index in [-0.39, 0.29) is 12.4 Å². The van der Waals surface area contributed by atoms with E-state index in [1.807, 2.05) is 12.1 Å². The van der Waals surface area contributed by atoms with Gasteiger partial charge in [0.15, 0.2) is 0 Å². The van der Waals surface area contributed by atoms with Crippen LogP contribution in [0.5, 0.6) is 5.75 Å². The quantitative estimate of drug-likeness (QED) is 0.811. The number of hydrogen-bond acceptors (Lipinski definition) is 4. The van der Waals surface area contributed by atoms with E-state index in [0.717, 1.165) is 50.4 Å². The molecule has 0 atom stereocenters. The molecule has 2 rings (SSSR count). The molecule has 0 bridgehead atoms. The van der Waals surface area contributed by atoms with Gasteiger partial charge in [-0.05, 0) is 23.6 Å². The molecule has 17 heavy (non-hydrogen) atoms. The van der Waals surface area contributed by atoms with Crippen LogP contribution >= 0.6 is 0 Å². The number of nitrogens with zero attached hydrogens (tertiary/aromatic N) is 1. The van der Waals surface area contributed by atoms with E-state index in [2.05, 4.69) is 4.90 Å². The lowest BCUT2D eigenvalue weighted by atomic mass is 10.1. The summed E-state index contributed by atoms with van der Waals surface area (Å²) in [6.45, 7) is 4.45. The number of aliphatic hydroxyl groups is 1. The van der Waals surface area contributed by atoms with Gasteiger partial charge in [0.25, 0.3) is 0 Å². The molecule has 1 aliphatic rings. The van der Waals surface area contributed by atoms with E-state index in [9.17, 15) is 5.11 Å². The van der Waals surface area contributed by atoms with E-state index in [1.54, 1.807) is 6.07 Å². The number of phenolic OH excluding ortho intramolecular Hbond substituents is 1. The third kappa shape index (κ3) is 3.43. The van der Waals surface area contributed by atoms with Crippen LogP contribution in [0, 0.1) is 0 Å². The maximum atomic E-state index is 9.80. The summed E-state index contributed by atoms with van der Waals surface area (Å²) in [6, 6.07) is 5.38. The van der Waals surface area contributed by atoms with Crippen LogP contribution in [0.1, 0.15) is 11.1 Å². The van der Waals surface area contributed by atoms with Crippen molar-refractivity contribution >= 4 is 0 Å². The van der Waals surface area contributed by atoms with E-state index in [4.69, 9.17) is 9.84 Å². The van der Waals surface area contributed by atoms with Crippen molar-refractivity contribution in [2.45, 2.75) is 13.0 Å². The topological polar surface area (TPSA) is 52.9 Å². The average molecular weight is 237 g/mol. The maximum absolute atomic E-state index is 9.80. The van der Waals surface area contributed by atoms with E-state index in [1.165, 1.54) is 0 Å². The largest absolute Gasteiger partial charge is 0.508 e. The Labute approximate surface area is 101 Å². The molecular weight excluding hydrogens is 218 g/mol. The smallest absolute Gasteiger partial charge is 0.119 e. The Kier molecular flexibility index (Phi) is 4.36. The van der Waals surface area contributed by atoms with Gasteiger partial charge in [0.05, 0.1) is 19.8 Å². The molecule has 0 aliphatic carbocycles.